The number of likely N-dealkylation sites (tertiary alicyclic amines) is 1. The zero-order chi connectivity index (χ0) is 24.2. The van der Waals surface area contributed by atoms with E-state index >= 15 is 0 Å². The van der Waals surface area contributed by atoms with Gasteiger partial charge in [0.2, 0.25) is 5.91 Å². The van der Waals surface area contributed by atoms with Crippen molar-refractivity contribution in [2.24, 2.45) is 5.92 Å². The first-order valence-electron chi connectivity index (χ1n) is 12.1. The van der Waals surface area contributed by atoms with Crippen LogP contribution < -0.4 is 5.32 Å². The third-order valence-corrected chi connectivity index (χ3v) is 7.09. The van der Waals surface area contributed by atoms with Gasteiger partial charge in [0, 0.05) is 12.5 Å². The third-order valence-electron chi connectivity index (χ3n) is 7.09. The van der Waals surface area contributed by atoms with Crippen LogP contribution in [-0.4, -0.2) is 53.2 Å². The van der Waals surface area contributed by atoms with Crippen molar-refractivity contribution in [2.45, 2.75) is 57.5 Å². The van der Waals surface area contributed by atoms with Crippen LogP contribution in [-0.2, 0) is 14.3 Å². The Morgan fingerprint density at radius 2 is 1.71 bits per heavy atom. The zero-order valence-electron chi connectivity index (χ0n) is 19.7. The number of ether oxygens (including phenoxy) is 1. The number of aliphatic carboxylic acids is 1. The van der Waals surface area contributed by atoms with Gasteiger partial charge in [-0.1, -0.05) is 68.8 Å². The van der Waals surface area contributed by atoms with Crippen LogP contribution in [0.2, 0.25) is 0 Å². The molecule has 0 aromatic heterocycles. The summed E-state index contributed by atoms with van der Waals surface area (Å²) in [6, 6.07) is 14.6. The molecule has 0 saturated carbocycles. The van der Waals surface area contributed by atoms with E-state index in [4.69, 9.17) is 4.74 Å². The summed E-state index contributed by atoms with van der Waals surface area (Å²) in [7, 11) is 0. The minimum absolute atomic E-state index is 0.0724. The lowest BCUT2D eigenvalue weighted by Crippen LogP contribution is -2.52. The van der Waals surface area contributed by atoms with Crippen molar-refractivity contribution >= 4 is 18.0 Å². The normalized spacial score (nSPS) is 18.6. The van der Waals surface area contributed by atoms with Gasteiger partial charge in [-0.3, -0.25) is 4.79 Å². The lowest BCUT2D eigenvalue weighted by Gasteiger charge is -2.28. The Labute approximate surface area is 200 Å². The van der Waals surface area contributed by atoms with Gasteiger partial charge in [-0.2, -0.15) is 0 Å². The van der Waals surface area contributed by atoms with Crippen molar-refractivity contribution in [2.75, 3.05) is 13.2 Å². The van der Waals surface area contributed by atoms with Crippen molar-refractivity contribution in [1.82, 2.24) is 10.2 Å². The van der Waals surface area contributed by atoms with Gasteiger partial charge in [0.15, 0.2) is 0 Å². The Hall–Kier alpha value is -3.35. The molecule has 0 bridgehead atoms. The predicted octanol–water partition coefficient (Wildman–Crippen LogP) is 4.41. The summed E-state index contributed by atoms with van der Waals surface area (Å²) < 4.78 is 5.64. The van der Waals surface area contributed by atoms with E-state index in [1.807, 2.05) is 38.1 Å². The van der Waals surface area contributed by atoms with E-state index in [0.29, 0.717) is 25.8 Å². The molecule has 1 saturated heterocycles. The van der Waals surface area contributed by atoms with Gasteiger partial charge in [0.05, 0.1) is 0 Å². The largest absolute Gasteiger partial charge is 0.480 e. The molecule has 7 heteroatoms. The van der Waals surface area contributed by atoms with Gasteiger partial charge in [0.25, 0.3) is 0 Å². The highest BCUT2D eigenvalue weighted by atomic mass is 16.5. The molecule has 2 unspecified atom stereocenters. The highest BCUT2D eigenvalue weighted by Crippen LogP contribution is 2.44. The summed E-state index contributed by atoms with van der Waals surface area (Å²) >= 11 is 0. The smallest absolute Gasteiger partial charge is 0.407 e. The van der Waals surface area contributed by atoms with Crippen LogP contribution in [0.4, 0.5) is 4.79 Å². The van der Waals surface area contributed by atoms with E-state index < -0.39 is 24.1 Å². The highest BCUT2D eigenvalue weighted by molar-refractivity contribution is 5.89. The molecule has 3 atom stereocenters. The molecule has 2 aromatic carbocycles. The number of rotatable bonds is 8. The number of alkyl carbamates (subject to hydrolysis) is 1. The number of hydrogen-bond acceptors (Lipinski definition) is 4. The summed E-state index contributed by atoms with van der Waals surface area (Å²) in [6.45, 7) is 4.58. The lowest BCUT2D eigenvalue weighted by molar-refractivity contribution is -0.149. The number of carboxylic acids is 1. The minimum atomic E-state index is -1.01. The third kappa shape index (κ3) is 4.79. The van der Waals surface area contributed by atoms with Crippen molar-refractivity contribution < 1.29 is 24.2 Å². The van der Waals surface area contributed by atoms with Crippen LogP contribution in [0.15, 0.2) is 48.5 Å². The standard InChI is InChI=1S/C27H32N2O5/c1-3-17(2)15-23(25(30)29-14-8-13-24(29)26(31)32)28-27(33)34-16-22-20-11-6-4-9-18(20)19-10-5-7-12-21(19)22/h4-7,9-12,17,22-24H,3,8,13-16H2,1-2H3,(H,28,33)(H,31,32)/t17?,23?,24-/m1/s1. The minimum Gasteiger partial charge on any atom is -0.480 e. The Kier molecular flexibility index (Phi) is 7.20. The molecule has 7 nitrogen and oxygen atoms in total. The summed E-state index contributed by atoms with van der Waals surface area (Å²) in [5.41, 5.74) is 4.52. The second-order valence-electron chi connectivity index (χ2n) is 9.30. The van der Waals surface area contributed by atoms with Crippen molar-refractivity contribution in [3.05, 3.63) is 59.7 Å². The van der Waals surface area contributed by atoms with Crippen LogP contribution in [0.25, 0.3) is 11.1 Å². The van der Waals surface area contributed by atoms with E-state index in [1.54, 1.807) is 0 Å². The Bertz CT molecular complexity index is 1020. The Morgan fingerprint density at radius 3 is 2.29 bits per heavy atom. The zero-order valence-corrected chi connectivity index (χ0v) is 19.7. The van der Waals surface area contributed by atoms with E-state index in [1.165, 1.54) is 4.90 Å². The number of nitrogens with one attached hydrogen (secondary N) is 1. The van der Waals surface area contributed by atoms with E-state index in [9.17, 15) is 19.5 Å². The fourth-order valence-electron chi connectivity index (χ4n) is 5.06. The van der Waals surface area contributed by atoms with Crippen molar-refractivity contribution in [3.8, 4) is 11.1 Å². The summed E-state index contributed by atoms with van der Waals surface area (Å²) in [4.78, 5) is 39.0. The van der Waals surface area contributed by atoms with E-state index in [2.05, 4.69) is 29.6 Å². The number of nitrogens with zero attached hydrogens (tertiary/aromatic N) is 1. The van der Waals surface area contributed by atoms with Crippen LogP contribution in [0.1, 0.15) is 56.6 Å². The van der Waals surface area contributed by atoms with Crippen LogP contribution >= 0.6 is 0 Å². The van der Waals surface area contributed by atoms with E-state index in [0.717, 1.165) is 28.7 Å². The maximum absolute atomic E-state index is 13.2. The molecule has 34 heavy (non-hydrogen) atoms. The summed E-state index contributed by atoms with van der Waals surface area (Å²) in [5, 5.41) is 12.2. The van der Waals surface area contributed by atoms with Gasteiger partial charge in [0.1, 0.15) is 18.7 Å². The molecule has 1 aliphatic carbocycles. The predicted molar refractivity (Wildman–Crippen MR) is 128 cm³/mol. The maximum Gasteiger partial charge on any atom is 0.407 e. The molecule has 0 spiro atoms. The van der Waals surface area contributed by atoms with Crippen LogP contribution in [0.3, 0.4) is 0 Å². The fourth-order valence-corrected chi connectivity index (χ4v) is 5.06. The molecule has 2 N–H and O–H groups in total. The molecule has 1 heterocycles. The number of fused-ring (bicyclic) bond motifs is 3. The first-order chi connectivity index (χ1) is 16.4. The number of hydrogen-bond donors (Lipinski definition) is 2. The fraction of sp³-hybridized carbons (Fsp3) is 0.444. The van der Waals surface area contributed by atoms with E-state index in [-0.39, 0.29) is 24.3 Å². The summed E-state index contributed by atoms with van der Waals surface area (Å²) in [5.74, 6) is -1.24. The first kappa shape index (κ1) is 23.8. The number of amides is 2. The Balaban J connectivity index is 1.45. The first-order valence-corrected chi connectivity index (χ1v) is 12.1. The van der Waals surface area contributed by atoms with Gasteiger partial charge in [-0.25, -0.2) is 9.59 Å². The topological polar surface area (TPSA) is 95.9 Å². The molecule has 2 aromatic rings. The van der Waals surface area contributed by atoms with Crippen molar-refractivity contribution in [1.29, 1.82) is 0 Å². The SMILES string of the molecule is CCC(C)CC(NC(=O)OCC1c2ccccc2-c2ccccc21)C(=O)N1CCC[C@@H]1C(=O)O. The molecule has 1 fully saturated rings. The molecule has 180 valence electrons. The molecule has 1 aliphatic heterocycles. The van der Waals surface area contributed by atoms with Gasteiger partial charge >= 0.3 is 12.1 Å². The molecular weight excluding hydrogens is 432 g/mol. The van der Waals surface area contributed by atoms with Gasteiger partial charge < -0.3 is 20.1 Å². The molecular formula is C27H32N2O5. The van der Waals surface area contributed by atoms with Crippen LogP contribution in [0, 0.1) is 5.92 Å². The Morgan fingerprint density at radius 1 is 1.09 bits per heavy atom. The molecule has 4 rings (SSSR count). The lowest BCUT2D eigenvalue weighted by atomic mass is 9.98. The number of carbonyl (C=O) groups is 3. The molecule has 0 radical (unpaired) electrons. The molecule has 2 aliphatic rings. The highest BCUT2D eigenvalue weighted by Gasteiger charge is 2.38. The number of carboxylic acid groups (broad SMARTS) is 1. The summed E-state index contributed by atoms with van der Waals surface area (Å²) in [6.07, 6.45) is 1.70. The second-order valence-corrected chi connectivity index (χ2v) is 9.30. The van der Waals surface area contributed by atoms with Crippen LogP contribution in [0.5, 0.6) is 0 Å². The number of benzene rings is 2. The maximum atomic E-state index is 13.2. The molecule has 2 amide bonds. The van der Waals surface area contributed by atoms with Gasteiger partial charge in [-0.15, -0.1) is 0 Å². The monoisotopic (exact) mass is 464 g/mol. The average molecular weight is 465 g/mol. The number of carbonyl (C=O) groups excluding carboxylic acids is 2. The quantitative estimate of drug-likeness (QED) is 0.604. The van der Waals surface area contributed by atoms with Gasteiger partial charge in [-0.05, 0) is 47.4 Å². The second kappa shape index (κ2) is 10.3. The van der Waals surface area contributed by atoms with Crippen molar-refractivity contribution in [3.63, 3.8) is 0 Å². The average Bonchev–Trinajstić information content (AvgIpc) is 3.45.